The van der Waals surface area contributed by atoms with Gasteiger partial charge in [-0.3, -0.25) is 4.57 Å². The first-order valence-electron chi connectivity index (χ1n) is 5.40. The fourth-order valence-electron chi connectivity index (χ4n) is 1.97. The van der Waals surface area contributed by atoms with Crippen LogP contribution in [0.15, 0.2) is 17.1 Å². The summed E-state index contributed by atoms with van der Waals surface area (Å²) >= 11 is 0. The zero-order chi connectivity index (χ0) is 13.3. The number of aliphatic hydroxyl groups excluding tert-OH is 2. The van der Waals surface area contributed by atoms with Gasteiger partial charge in [0, 0.05) is 13.3 Å². The van der Waals surface area contributed by atoms with Gasteiger partial charge in [-0.15, -0.1) is 0 Å². The molecule has 0 radical (unpaired) electrons. The highest BCUT2D eigenvalue weighted by Gasteiger charge is 2.45. The predicted octanol–water partition coefficient (Wildman–Crippen LogP) is -1.91. The van der Waals surface area contributed by atoms with Crippen LogP contribution >= 0.6 is 0 Å². The van der Waals surface area contributed by atoms with Gasteiger partial charge in [-0.05, 0) is 6.07 Å². The molecule has 4 N–H and O–H groups in total. The molecule has 0 amide bonds. The molecule has 1 fully saturated rings. The average Bonchev–Trinajstić information content (AvgIpc) is 2.65. The van der Waals surface area contributed by atoms with E-state index in [1.54, 1.807) is 0 Å². The summed E-state index contributed by atoms with van der Waals surface area (Å²) in [6.45, 7) is -0.366. The van der Waals surface area contributed by atoms with Crippen molar-refractivity contribution in [3.05, 3.63) is 22.7 Å². The molecule has 1 saturated heterocycles. The molecule has 0 spiro atoms. The lowest BCUT2D eigenvalue weighted by Crippen LogP contribution is -2.37. The Morgan fingerprint density at radius 2 is 2.39 bits per heavy atom. The fourth-order valence-corrected chi connectivity index (χ4v) is 1.97. The lowest BCUT2D eigenvalue weighted by Gasteiger charge is -2.20. The quantitative estimate of drug-likeness (QED) is 0.578. The van der Waals surface area contributed by atoms with Crippen molar-refractivity contribution in [3.63, 3.8) is 0 Å². The standard InChI is InChI=1S/C10H15N3O5/c1-17-8-7(15)5(4-14)18-9(8)13-3-2-6(11)12-10(13)16/h2-3,5,7-9,14-15H,4H2,1H3,(H2,11,12,16)/t5-,7-,8+,9+/m0/s1. The van der Waals surface area contributed by atoms with Crippen LogP contribution in [0.1, 0.15) is 6.23 Å². The van der Waals surface area contributed by atoms with Crippen LogP contribution in [-0.2, 0) is 9.47 Å². The molecule has 8 nitrogen and oxygen atoms in total. The molecule has 1 aromatic heterocycles. The topological polar surface area (TPSA) is 120 Å². The summed E-state index contributed by atoms with van der Waals surface area (Å²) in [5.41, 5.74) is 4.78. The lowest BCUT2D eigenvalue weighted by atomic mass is 10.1. The van der Waals surface area contributed by atoms with Crippen LogP contribution < -0.4 is 11.4 Å². The highest BCUT2D eigenvalue weighted by Crippen LogP contribution is 2.30. The number of ether oxygens (including phenoxy) is 2. The van der Waals surface area contributed by atoms with Gasteiger partial charge in [0.05, 0.1) is 6.61 Å². The molecule has 18 heavy (non-hydrogen) atoms. The van der Waals surface area contributed by atoms with Crippen molar-refractivity contribution >= 4 is 5.82 Å². The van der Waals surface area contributed by atoms with E-state index >= 15 is 0 Å². The Morgan fingerprint density at radius 3 is 2.94 bits per heavy atom. The molecule has 2 heterocycles. The highest BCUT2D eigenvalue weighted by molar-refractivity contribution is 5.23. The van der Waals surface area contributed by atoms with Crippen LogP contribution in [0, 0.1) is 0 Å². The maximum atomic E-state index is 11.7. The number of aliphatic hydroxyl groups is 2. The van der Waals surface area contributed by atoms with Crippen LogP contribution in [-0.4, -0.2) is 51.8 Å². The largest absolute Gasteiger partial charge is 0.394 e. The first kappa shape index (κ1) is 13.0. The van der Waals surface area contributed by atoms with Crippen molar-refractivity contribution in [2.24, 2.45) is 0 Å². The van der Waals surface area contributed by atoms with Gasteiger partial charge < -0.3 is 25.4 Å². The number of nitrogens with two attached hydrogens (primary N) is 1. The highest BCUT2D eigenvalue weighted by atomic mass is 16.6. The number of anilines is 1. The zero-order valence-corrected chi connectivity index (χ0v) is 9.76. The molecule has 4 atom stereocenters. The minimum atomic E-state index is -1.02. The van der Waals surface area contributed by atoms with Gasteiger partial charge in [-0.2, -0.15) is 4.98 Å². The lowest BCUT2D eigenvalue weighted by molar-refractivity contribution is -0.0624. The Balaban J connectivity index is 2.35. The van der Waals surface area contributed by atoms with Crippen molar-refractivity contribution in [1.29, 1.82) is 0 Å². The maximum absolute atomic E-state index is 11.7. The van der Waals surface area contributed by atoms with Gasteiger partial charge in [0.15, 0.2) is 6.23 Å². The Kier molecular flexibility index (Phi) is 3.62. The molecular weight excluding hydrogens is 242 g/mol. The molecule has 0 saturated carbocycles. The zero-order valence-electron chi connectivity index (χ0n) is 9.76. The average molecular weight is 257 g/mol. The van der Waals surface area contributed by atoms with Gasteiger partial charge in [0.1, 0.15) is 24.1 Å². The molecule has 1 aliphatic heterocycles. The van der Waals surface area contributed by atoms with E-state index in [9.17, 15) is 9.90 Å². The predicted molar refractivity (Wildman–Crippen MR) is 60.7 cm³/mol. The van der Waals surface area contributed by atoms with Crippen molar-refractivity contribution in [1.82, 2.24) is 9.55 Å². The van der Waals surface area contributed by atoms with Crippen LogP contribution in [0.5, 0.6) is 0 Å². The molecule has 0 bridgehead atoms. The molecule has 2 rings (SSSR count). The summed E-state index contributed by atoms with van der Waals surface area (Å²) in [6.07, 6.45) is -2.01. The molecule has 100 valence electrons. The molecule has 0 aromatic carbocycles. The first-order valence-corrected chi connectivity index (χ1v) is 5.40. The number of hydrogen-bond donors (Lipinski definition) is 3. The van der Waals surface area contributed by atoms with Gasteiger partial charge in [0.25, 0.3) is 0 Å². The summed E-state index contributed by atoms with van der Waals surface area (Å²) in [6, 6.07) is 1.44. The summed E-state index contributed by atoms with van der Waals surface area (Å²) in [5.74, 6) is 0.0995. The van der Waals surface area contributed by atoms with E-state index in [1.807, 2.05) is 0 Å². The number of nitrogens with zero attached hydrogens (tertiary/aromatic N) is 2. The van der Waals surface area contributed by atoms with Crippen molar-refractivity contribution < 1.29 is 19.7 Å². The Labute approximate surface area is 103 Å². The van der Waals surface area contributed by atoms with Crippen LogP contribution in [0.3, 0.4) is 0 Å². The minimum absolute atomic E-state index is 0.0995. The van der Waals surface area contributed by atoms with E-state index in [0.29, 0.717) is 0 Å². The van der Waals surface area contributed by atoms with E-state index < -0.39 is 30.2 Å². The van der Waals surface area contributed by atoms with Gasteiger partial charge in [-0.25, -0.2) is 4.79 Å². The first-order chi connectivity index (χ1) is 8.58. The second-order valence-corrected chi connectivity index (χ2v) is 3.98. The molecule has 1 aromatic rings. The Morgan fingerprint density at radius 1 is 1.67 bits per heavy atom. The Bertz CT molecular complexity index is 477. The third-order valence-corrected chi connectivity index (χ3v) is 2.89. The van der Waals surface area contributed by atoms with E-state index in [0.717, 1.165) is 0 Å². The third kappa shape index (κ3) is 2.10. The number of methoxy groups -OCH3 is 1. The number of nitrogen functional groups attached to an aromatic ring is 1. The van der Waals surface area contributed by atoms with Crippen LogP contribution in [0.4, 0.5) is 5.82 Å². The van der Waals surface area contributed by atoms with Crippen LogP contribution in [0.2, 0.25) is 0 Å². The van der Waals surface area contributed by atoms with Gasteiger partial charge in [-0.1, -0.05) is 0 Å². The normalized spacial score (nSPS) is 31.7. The molecule has 8 heteroatoms. The Hall–Kier alpha value is -1.48. The number of aromatic nitrogens is 2. The SMILES string of the molecule is CO[C@@H]1[C@@H](O)[C@H](CO)O[C@H]1n1ccc(N)nc1=O. The van der Waals surface area contributed by atoms with E-state index in [4.69, 9.17) is 20.3 Å². The molecule has 1 aliphatic rings. The second-order valence-electron chi connectivity index (χ2n) is 3.98. The van der Waals surface area contributed by atoms with Crippen molar-refractivity contribution in [3.8, 4) is 0 Å². The maximum Gasteiger partial charge on any atom is 0.351 e. The van der Waals surface area contributed by atoms with Gasteiger partial charge in [0.2, 0.25) is 0 Å². The van der Waals surface area contributed by atoms with E-state index in [1.165, 1.54) is 23.9 Å². The molecule has 0 unspecified atom stereocenters. The minimum Gasteiger partial charge on any atom is -0.394 e. The summed E-state index contributed by atoms with van der Waals surface area (Å²) < 4.78 is 11.7. The molecular formula is C10H15N3O5. The summed E-state index contributed by atoms with van der Waals surface area (Å²) in [5, 5.41) is 18.9. The fraction of sp³-hybridized carbons (Fsp3) is 0.600. The van der Waals surface area contributed by atoms with E-state index in [2.05, 4.69) is 4.98 Å². The number of rotatable bonds is 3. The number of hydrogen-bond acceptors (Lipinski definition) is 7. The second kappa shape index (κ2) is 5.02. The van der Waals surface area contributed by atoms with Crippen LogP contribution in [0.25, 0.3) is 0 Å². The van der Waals surface area contributed by atoms with Crippen molar-refractivity contribution in [2.75, 3.05) is 19.5 Å². The van der Waals surface area contributed by atoms with Crippen molar-refractivity contribution in [2.45, 2.75) is 24.5 Å². The third-order valence-electron chi connectivity index (χ3n) is 2.89. The monoisotopic (exact) mass is 257 g/mol. The molecule has 0 aliphatic carbocycles. The van der Waals surface area contributed by atoms with E-state index in [-0.39, 0.29) is 12.4 Å². The van der Waals surface area contributed by atoms with Gasteiger partial charge >= 0.3 is 5.69 Å². The summed E-state index contributed by atoms with van der Waals surface area (Å²) in [7, 11) is 1.39. The smallest absolute Gasteiger partial charge is 0.351 e. The summed E-state index contributed by atoms with van der Waals surface area (Å²) in [4.78, 5) is 15.3.